The Morgan fingerprint density at radius 2 is 1.80 bits per heavy atom. The van der Waals surface area contributed by atoms with Gasteiger partial charge in [0.25, 0.3) is 0 Å². The van der Waals surface area contributed by atoms with Crippen LogP contribution in [-0.4, -0.2) is 41.9 Å². The summed E-state index contributed by atoms with van der Waals surface area (Å²) >= 11 is 0. The van der Waals surface area contributed by atoms with Crippen molar-refractivity contribution in [3.63, 3.8) is 0 Å². The molecular formula is C22H30N2O. The Hall–Kier alpha value is -2.29. The van der Waals surface area contributed by atoms with E-state index in [4.69, 9.17) is 0 Å². The van der Waals surface area contributed by atoms with Gasteiger partial charge in [0.1, 0.15) is 0 Å². The average molecular weight is 338 g/mol. The fraction of sp³-hybridized carbons (Fsp3) is 0.409. The first kappa shape index (κ1) is 19.0. The summed E-state index contributed by atoms with van der Waals surface area (Å²) in [5.74, 6) is 0.134. The minimum atomic E-state index is 0.134. The van der Waals surface area contributed by atoms with Crippen molar-refractivity contribution in [2.75, 3.05) is 26.2 Å². The standard InChI is InChI=1S/C22H30N2O/c1-5-6-7-12-22(25)24-15-13-23(14-16-24)21(17-18(2)3)20-11-9-8-10-19(20)4/h7-12,17H,2,5-6,13-16H2,1,3-4H3/b12-7+,21-17+. The van der Waals surface area contributed by atoms with E-state index in [9.17, 15) is 4.79 Å². The Morgan fingerprint density at radius 1 is 1.16 bits per heavy atom. The number of benzene rings is 1. The summed E-state index contributed by atoms with van der Waals surface area (Å²) in [6.45, 7) is 13.5. The number of nitrogens with zero attached hydrogens (tertiary/aromatic N) is 2. The molecule has 0 spiro atoms. The highest BCUT2D eigenvalue weighted by atomic mass is 16.2. The van der Waals surface area contributed by atoms with Gasteiger partial charge in [0.15, 0.2) is 0 Å². The molecule has 2 rings (SSSR count). The number of hydrogen-bond donors (Lipinski definition) is 0. The zero-order valence-electron chi connectivity index (χ0n) is 15.8. The molecule has 1 aliphatic heterocycles. The summed E-state index contributed by atoms with van der Waals surface area (Å²) in [4.78, 5) is 16.6. The number of allylic oxidation sites excluding steroid dienone is 3. The lowest BCUT2D eigenvalue weighted by atomic mass is 10.0. The monoisotopic (exact) mass is 338 g/mol. The van der Waals surface area contributed by atoms with E-state index in [-0.39, 0.29) is 5.91 Å². The highest BCUT2D eigenvalue weighted by Gasteiger charge is 2.22. The van der Waals surface area contributed by atoms with Crippen molar-refractivity contribution in [2.24, 2.45) is 0 Å². The van der Waals surface area contributed by atoms with Gasteiger partial charge in [-0.25, -0.2) is 0 Å². The Morgan fingerprint density at radius 3 is 2.40 bits per heavy atom. The molecule has 0 aromatic heterocycles. The molecule has 0 bridgehead atoms. The van der Waals surface area contributed by atoms with Crippen LogP contribution in [0.15, 0.2) is 54.6 Å². The number of hydrogen-bond acceptors (Lipinski definition) is 2. The molecule has 1 amide bonds. The fourth-order valence-corrected chi connectivity index (χ4v) is 3.06. The van der Waals surface area contributed by atoms with Crippen LogP contribution in [0.25, 0.3) is 5.70 Å². The molecule has 3 nitrogen and oxygen atoms in total. The summed E-state index contributed by atoms with van der Waals surface area (Å²) in [6, 6.07) is 8.44. The number of rotatable bonds is 6. The molecule has 0 unspecified atom stereocenters. The lowest BCUT2D eigenvalue weighted by molar-refractivity contribution is -0.127. The predicted octanol–water partition coefficient (Wildman–Crippen LogP) is 4.41. The third-order valence-electron chi connectivity index (χ3n) is 4.45. The van der Waals surface area contributed by atoms with Crippen LogP contribution in [0.1, 0.15) is 37.8 Å². The van der Waals surface area contributed by atoms with Crippen LogP contribution in [0.5, 0.6) is 0 Å². The Bertz CT molecular complexity index is 664. The molecule has 1 heterocycles. The maximum atomic E-state index is 12.2. The second-order valence-corrected chi connectivity index (χ2v) is 6.69. The molecule has 0 aliphatic carbocycles. The second-order valence-electron chi connectivity index (χ2n) is 6.69. The summed E-state index contributed by atoms with van der Waals surface area (Å²) in [7, 11) is 0. The third-order valence-corrected chi connectivity index (χ3v) is 4.45. The molecule has 1 saturated heterocycles. The first-order valence-corrected chi connectivity index (χ1v) is 9.16. The van der Waals surface area contributed by atoms with E-state index in [0.29, 0.717) is 0 Å². The van der Waals surface area contributed by atoms with Crippen molar-refractivity contribution < 1.29 is 4.79 Å². The number of amides is 1. The number of aryl methyl sites for hydroxylation is 1. The van der Waals surface area contributed by atoms with E-state index < -0.39 is 0 Å². The molecule has 0 saturated carbocycles. The van der Waals surface area contributed by atoms with Crippen molar-refractivity contribution in [3.05, 3.63) is 65.8 Å². The van der Waals surface area contributed by atoms with Crippen LogP contribution >= 0.6 is 0 Å². The highest BCUT2D eigenvalue weighted by molar-refractivity contribution is 5.87. The topological polar surface area (TPSA) is 23.6 Å². The van der Waals surface area contributed by atoms with Crippen LogP contribution in [0.3, 0.4) is 0 Å². The summed E-state index contributed by atoms with van der Waals surface area (Å²) in [6.07, 6.45) is 7.90. The molecular weight excluding hydrogens is 308 g/mol. The van der Waals surface area contributed by atoms with Crippen molar-refractivity contribution >= 4 is 11.6 Å². The minimum Gasteiger partial charge on any atom is -0.367 e. The summed E-state index contributed by atoms with van der Waals surface area (Å²) in [5.41, 5.74) is 4.75. The normalized spacial score (nSPS) is 15.7. The second kappa shape index (κ2) is 9.26. The van der Waals surface area contributed by atoms with E-state index in [1.54, 1.807) is 6.08 Å². The van der Waals surface area contributed by atoms with Crippen LogP contribution < -0.4 is 0 Å². The molecule has 134 valence electrons. The fourth-order valence-electron chi connectivity index (χ4n) is 3.06. The molecule has 1 aromatic carbocycles. The van der Waals surface area contributed by atoms with Gasteiger partial charge in [0, 0.05) is 37.4 Å². The van der Waals surface area contributed by atoms with Crippen molar-refractivity contribution in [1.29, 1.82) is 0 Å². The molecule has 0 radical (unpaired) electrons. The van der Waals surface area contributed by atoms with Crippen molar-refractivity contribution in [3.8, 4) is 0 Å². The van der Waals surface area contributed by atoms with Gasteiger partial charge in [-0.1, -0.05) is 55.8 Å². The molecule has 0 atom stereocenters. The Kier molecular flexibility index (Phi) is 7.05. The van der Waals surface area contributed by atoms with Gasteiger partial charge < -0.3 is 9.80 Å². The number of piperazine rings is 1. The molecule has 25 heavy (non-hydrogen) atoms. The van der Waals surface area contributed by atoms with Gasteiger partial charge >= 0.3 is 0 Å². The van der Waals surface area contributed by atoms with E-state index in [2.05, 4.69) is 55.7 Å². The molecule has 3 heteroatoms. The summed E-state index contributed by atoms with van der Waals surface area (Å²) < 4.78 is 0. The predicted molar refractivity (Wildman–Crippen MR) is 106 cm³/mol. The smallest absolute Gasteiger partial charge is 0.246 e. The third kappa shape index (κ3) is 5.35. The van der Waals surface area contributed by atoms with E-state index in [1.165, 1.54) is 16.8 Å². The molecule has 1 fully saturated rings. The van der Waals surface area contributed by atoms with Gasteiger partial charge in [-0.3, -0.25) is 4.79 Å². The first-order valence-electron chi connectivity index (χ1n) is 9.16. The highest BCUT2D eigenvalue weighted by Crippen LogP contribution is 2.25. The van der Waals surface area contributed by atoms with Gasteiger partial charge in [0.05, 0.1) is 0 Å². The average Bonchev–Trinajstić information content (AvgIpc) is 2.60. The first-order chi connectivity index (χ1) is 12.0. The van der Waals surface area contributed by atoms with Crippen molar-refractivity contribution in [2.45, 2.75) is 33.6 Å². The van der Waals surface area contributed by atoms with Gasteiger partial charge in [0.2, 0.25) is 5.91 Å². The van der Waals surface area contributed by atoms with Gasteiger partial charge in [-0.2, -0.15) is 0 Å². The molecule has 0 N–H and O–H groups in total. The van der Waals surface area contributed by atoms with Gasteiger partial charge in [-0.15, -0.1) is 0 Å². The Balaban J connectivity index is 2.09. The quantitative estimate of drug-likeness (QED) is 0.566. The van der Waals surface area contributed by atoms with Crippen LogP contribution in [0.4, 0.5) is 0 Å². The van der Waals surface area contributed by atoms with E-state index >= 15 is 0 Å². The van der Waals surface area contributed by atoms with Gasteiger partial charge in [-0.05, 0) is 38.0 Å². The summed E-state index contributed by atoms with van der Waals surface area (Å²) in [5, 5.41) is 0. The molecule has 1 aromatic rings. The lowest BCUT2D eigenvalue weighted by Crippen LogP contribution is -2.47. The number of carbonyl (C=O) groups is 1. The zero-order chi connectivity index (χ0) is 18.2. The number of unbranched alkanes of at least 4 members (excludes halogenated alkanes) is 1. The largest absolute Gasteiger partial charge is 0.367 e. The zero-order valence-corrected chi connectivity index (χ0v) is 15.8. The van der Waals surface area contributed by atoms with E-state index in [0.717, 1.165) is 44.6 Å². The lowest BCUT2D eigenvalue weighted by Gasteiger charge is -2.37. The maximum Gasteiger partial charge on any atom is 0.246 e. The number of carbonyl (C=O) groups excluding carboxylic acids is 1. The van der Waals surface area contributed by atoms with Crippen LogP contribution in [-0.2, 0) is 4.79 Å². The van der Waals surface area contributed by atoms with Crippen LogP contribution in [0.2, 0.25) is 0 Å². The molecule has 1 aliphatic rings. The van der Waals surface area contributed by atoms with Crippen LogP contribution in [0, 0.1) is 6.92 Å². The van der Waals surface area contributed by atoms with Crippen molar-refractivity contribution in [1.82, 2.24) is 9.80 Å². The maximum absolute atomic E-state index is 12.2. The minimum absolute atomic E-state index is 0.134. The SMILES string of the molecule is C=C(C)/C=C(\c1ccccc1C)N1CCN(C(=O)/C=C/CCC)CC1. The van der Waals surface area contributed by atoms with E-state index in [1.807, 2.05) is 17.9 Å². The Labute approximate surface area is 152 Å².